The van der Waals surface area contributed by atoms with Crippen LogP contribution < -0.4 is 4.74 Å². The summed E-state index contributed by atoms with van der Waals surface area (Å²) in [6.45, 7) is 1.76. The van der Waals surface area contributed by atoms with Gasteiger partial charge < -0.3 is 4.74 Å². The first-order valence-corrected chi connectivity index (χ1v) is 7.53. The van der Waals surface area contributed by atoms with E-state index in [2.05, 4.69) is 15.3 Å². The Labute approximate surface area is 141 Å². The van der Waals surface area contributed by atoms with E-state index in [4.69, 9.17) is 4.74 Å². The lowest BCUT2D eigenvalue weighted by molar-refractivity contribution is 0.451. The monoisotopic (exact) mass is 338 g/mol. The molecule has 0 amide bonds. The maximum Gasteiger partial charge on any atom is 0.237 e. The van der Waals surface area contributed by atoms with E-state index in [-0.39, 0.29) is 11.4 Å². The summed E-state index contributed by atoms with van der Waals surface area (Å²) >= 11 is 0. The van der Waals surface area contributed by atoms with E-state index in [9.17, 15) is 8.78 Å². The van der Waals surface area contributed by atoms with Crippen molar-refractivity contribution in [1.29, 1.82) is 0 Å². The number of nitrogens with zero attached hydrogens (tertiary/aromatic N) is 4. The zero-order chi connectivity index (χ0) is 17.4. The van der Waals surface area contributed by atoms with Crippen LogP contribution in [-0.2, 0) is 0 Å². The Bertz CT molecular complexity index is 1080. The Morgan fingerprint density at radius 2 is 1.76 bits per heavy atom. The van der Waals surface area contributed by atoms with Gasteiger partial charge in [0.25, 0.3) is 0 Å². The first kappa shape index (κ1) is 15.2. The topological polar surface area (TPSA) is 52.3 Å². The normalized spacial score (nSPS) is 11.0. The van der Waals surface area contributed by atoms with Crippen LogP contribution in [0, 0.1) is 18.6 Å². The van der Waals surface area contributed by atoms with Gasteiger partial charge in [-0.25, -0.2) is 8.78 Å². The molecule has 0 fully saturated rings. The highest BCUT2D eigenvalue weighted by molar-refractivity contribution is 5.71. The minimum Gasteiger partial charge on any atom is -0.437 e. The summed E-state index contributed by atoms with van der Waals surface area (Å²) < 4.78 is 35.2. The molecule has 25 heavy (non-hydrogen) atoms. The first-order valence-electron chi connectivity index (χ1n) is 7.53. The van der Waals surface area contributed by atoms with E-state index in [1.54, 1.807) is 37.3 Å². The predicted octanol–water partition coefficient (Wildman–Crippen LogP) is 4.17. The highest BCUT2D eigenvalue weighted by atomic mass is 19.1. The summed E-state index contributed by atoms with van der Waals surface area (Å²) in [6.07, 6.45) is 0. The number of rotatable bonds is 3. The molecule has 0 bridgehead atoms. The van der Waals surface area contributed by atoms with Crippen molar-refractivity contribution in [3.63, 3.8) is 0 Å². The van der Waals surface area contributed by atoms with E-state index in [1.807, 2.05) is 0 Å². The molecule has 0 radical (unpaired) electrons. The fraction of sp³-hybridized carbons (Fsp3) is 0.0556. The molecule has 4 rings (SSSR count). The zero-order valence-electron chi connectivity index (χ0n) is 13.1. The van der Waals surface area contributed by atoms with Crippen LogP contribution in [0.15, 0.2) is 54.6 Å². The highest BCUT2D eigenvalue weighted by Crippen LogP contribution is 2.34. The molecular formula is C18H12F2N4O. The van der Waals surface area contributed by atoms with Gasteiger partial charge in [-0.3, -0.25) is 0 Å². The van der Waals surface area contributed by atoms with Gasteiger partial charge in [0.2, 0.25) is 5.88 Å². The first-order chi connectivity index (χ1) is 12.1. The van der Waals surface area contributed by atoms with Crippen LogP contribution in [0.4, 0.5) is 8.78 Å². The van der Waals surface area contributed by atoms with Crippen molar-refractivity contribution < 1.29 is 13.5 Å². The summed E-state index contributed by atoms with van der Waals surface area (Å²) in [5.41, 5.74) is 1.14. The van der Waals surface area contributed by atoms with Crippen LogP contribution in [0.2, 0.25) is 0 Å². The lowest BCUT2D eigenvalue weighted by Crippen LogP contribution is -1.98. The predicted molar refractivity (Wildman–Crippen MR) is 87.4 cm³/mol. The summed E-state index contributed by atoms with van der Waals surface area (Å²) in [5, 5.41) is 12.2. The Morgan fingerprint density at radius 1 is 0.920 bits per heavy atom. The van der Waals surface area contributed by atoms with Gasteiger partial charge in [-0.1, -0.05) is 18.2 Å². The summed E-state index contributed by atoms with van der Waals surface area (Å²) in [4.78, 5) is 0. The van der Waals surface area contributed by atoms with Crippen LogP contribution >= 0.6 is 0 Å². The highest BCUT2D eigenvalue weighted by Gasteiger charge is 2.14. The second-order valence-electron chi connectivity index (χ2n) is 5.41. The third-order valence-corrected chi connectivity index (χ3v) is 3.71. The van der Waals surface area contributed by atoms with Crippen molar-refractivity contribution in [3.05, 3.63) is 72.1 Å². The molecule has 0 aliphatic rings. The number of ether oxygens (including phenoxy) is 1. The van der Waals surface area contributed by atoms with Gasteiger partial charge in [0.15, 0.2) is 11.5 Å². The van der Waals surface area contributed by atoms with Crippen LogP contribution in [0.25, 0.3) is 16.8 Å². The Hall–Kier alpha value is -3.35. The minimum absolute atomic E-state index is 0.249. The van der Waals surface area contributed by atoms with Crippen molar-refractivity contribution in [2.75, 3.05) is 0 Å². The average molecular weight is 338 g/mol. The third kappa shape index (κ3) is 2.80. The zero-order valence-corrected chi connectivity index (χ0v) is 13.1. The largest absolute Gasteiger partial charge is 0.437 e. The number of hydrogen-bond acceptors (Lipinski definition) is 4. The van der Waals surface area contributed by atoms with E-state index >= 15 is 0 Å². The number of hydrogen-bond donors (Lipinski definition) is 0. The molecule has 0 aliphatic carbocycles. The van der Waals surface area contributed by atoms with E-state index in [0.29, 0.717) is 22.8 Å². The molecule has 0 unspecified atom stereocenters. The molecule has 2 heterocycles. The van der Waals surface area contributed by atoms with Crippen molar-refractivity contribution in [1.82, 2.24) is 19.8 Å². The molecule has 2 aromatic heterocycles. The standard InChI is InChI=1S/C18H12F2N4O/c1-11-21-22-17-8-9-18(23-24(11)17)25-16-7-6-12(19)10-14(16)13-4-2-3-5-15(13)20/h2-10H,1H3. The maximum atomic E-state index is 14.1. The second-order valence-corrected chi connectivity index (χ2v) is 5.41. The van der Waals surface area contributed by atoms with Gasteiger partial charge in [-0.05, 0) is 37.3 Å². The van der Waals surface area contributed by atoms with Crippen molar-refractivity contribution in [2.24, 2.45) is 0 Å². The van der Waals surface area contributed by atoms with Gasteiger partial charge in [0, 0.05) is 17.2 Å². The molecule has 5 nitrogen and oxygen atoms in total. The molecule has 4 aromatic rings. The number of aryl methyl sites for hydroxylation is 1. The van der Waals surface area contributed by atoms with Gasteiger partial charge in [-0.2, -0.15) is 4.52 Å². The molecule has 0 N–H and O–H groups in total. The summed E-state index contributed by atoms with van der Waals surface area (Å²) in [6, 6.07) is 13.4. The molecule has 0 spiro atoms. The molecule has 2 aromatic carbocycles. The van der Waals surface area contributed by atoms with Gasteiger partial charge in [-0.15, -0.1) is 15.3 Å². The van der Waals surface area contributed by atoms with Gasteiger partial charge in [0.05, 0.1) is 0 Å². The number of aromatic nitrogens is 4. The van der Waals surface area contributed by atoms with E-state index in [1.165, 1.54) is 28.8 Å². The fourth-order valence-corrected chi connectivity index (χ4v) is 2.53. The van der Waals surface area contributed by atoms with Crippen molar-refractivity contribution in [3.8, 4) is 22.8 Å². The lowest BCUT2D eigenvalue weighted by Gasteiger charge is -2.11. The molecule has 0 aliphatic heterocycles. The minimum atomic E-state index is -0.483. The SMILES string of the molecule is Cc1nnc2ccc(Oc3ccc(F)cc3-c3ccccc3F)nn12. The van der Waals surface area contributed by atoms with Gasteiger partial charge >= 0.3 is 0 Å². The van der Waals surface area contributed by atoms with Crippen molar-refractivity contribution in [2.45, 2.75) is 6.92 Å². The van der Waals surface area contributed by atoms with Gasteiger partial charge in [0.1, 0.15) is 17.4 Å². The summed E-state index contributed by atoms with van der Waals surface area (Å²) in [5.74, 6) is 0.220. The summed E-state index contributed by atoms with van der Waals surface area (Å²) in [7, 11) is 0. The Balaban J connectivity index is 1.79. The quantitative estimate of drug-likeness (QED) is 0.562. The fourth-order valence-electron chi connectivity index (χ4n) is 2.53. The number of fused-ring (bicyclic) bond motifs is 1. The van der Waals surface area contributed by atoms with Crippen LogP contribution in [0.5, 0.6) is 11.6 Å². The van der Waals surface area contributed by atoms with E-state index in [0.717, 1.165) is 0 Å². The molecule has 124 valence electrons. The molecule has 0 saturated carbocycles. The lowest BCUT2D eigenvalue weighted by atomic mass is 10.0. The van der Waals surface area contributed by atoms with Crippen molar-refractivity contribution >= 4 is 5.65 Å². The molecule has 0 atom stereocenters. The van der Waals surface area contributed by atoms with Crippen LogP contribution in [0.3, 0.4) is 0 Å². The molecule has 7 heteroatoms. The van der Waals surface area contributed by atoms with Crippen LogP contribution in [-0.4, -0.2) is 19.8 Å². The molecule has 0 saturated heterocycles. The smallest absolute Gasteiger partial charge is 0.237 e. The number of halogens is 2. The number of benzene rings is 2. The average Bonchev–Trinajstić information content (AvgIpc) is 2.98. The van der Waals surface area contributed by atoms with Crippen LogP contribution in [0.1, 0.15) is 5.82 Å². The second kappa shape index (κ2) is 5.94. The van der Waals surface area contributed by atoms with E-state index < -0.39 is 11.6 Å². The molecular weight excluding hydrogens is 326 g/mol. The maximum absolute atomic E-state index is 14.1. The Morgan fingerprint density at radius 3 is 2.60 bits per heavy atom. The third-order valence-electron chi connectivity index (χ3n) is 3.71. The Kier molecular flexibility index (Phi) is 3.61.